The van der Waals surface area contributed by atoms with Crippen LogP contribution >= 0.6 is 0 Å². The fourth-order valence-electron chi connectivity index (χ4n) is 4.90. The number of carbonyl (C=O) groups is 3. The average Bonchev–Trinajstić information content (AvgIpc) is 2.89. The molecule has 2 aliphatic rings. The highest BCUT2D eigenvalue weighted by molar-refractivity contribution is 6.10. The first-order valence-corrected chi connectivity index (χ1v) is 14.2. The van der Waals surface area contributed by atoms with Gasteiger partial charge in [-0.05, 0) is 92.5 Å². The van der Waals surface area contributed by atoms with Crippen molar-refractivity contribution in [1.82, 2.24) is 0 Å². The molecule has 0 bridgehead atoms. The molecular formula is C34H42O8. The fourth-order valence-corrected chi connectivity index (χ4v) is 4.90. The number of phenols is 1. The average molecular weight is 579 g/mol. The second kappa shape index (κ2) is 12.9. The molecule has 2 heterocycles. The van der Waals surface area contributed by atoms with Gasteiger partial charge in [-0.2, -0.15) is 0 Å². The van der Waals surface area contributed by atoms with Crippen molar-refractivity contribution < 1.29 is 38.8 Å². The van der Waals surface area contributed by atoms with Crippen molar-refractivity contribution in [2.45, 2.75) is 92.0 Å². The van der Waals surface area contributed by atoms with E-state index in [2.05, 4.69) is 0 Å². The molecule has 0 amide bonds. The number of Topliss-reactive ketones (excluding diaryl/α,β-unsaturated/α-hetero) is 1. The minimum absolute atomic E-state index is 0.0194. The minimum Gasteiger partial charge on any atom is -0.506 e. The zero-order valence-electron chi connectivity index (χ0n) is 25.7. The summed E-state index contributed by atoms with van der Waals surface area (Å²) in [7, 11) is 0. The van der Waals surface area contributed by atoms with Gasteiger partial charge in [0.2, 0.25) is 0 Å². The van der Waals surface area contributed by atoms with Gasteiger partial charge >= 0.3 is 5.97 Å². The summed E-state index contributed by atoms with van der Waals surface area (Å²) in [5, 5.41) is 20.6. The maximum absolute atomic E-state index is 13.9. The van der Waals surface area contributed by atoms with Crippen LogP contribution in [0.25, 0.3) is 6.08 Å². The fraction of sp³-hybridized carbons (Fsp3) is 0.441. The number of ketones is 2. The van der Waals surface area contributed by atoms with E-state index in [0.717, 1.165) is 5.57 Å². The number of rotatable bonds is 9. The van der Waals surface area contributed by atoms with Crippen molar-refractivity contribution in [1.29, 1.82) is 0 Å². The Balaban J connectivity index is 2.10. The molecule has 0 saturated heterocycles. The molecule has 226 valence electrons. The molecule has 42 heavy (non-hydrogen) atoms. The van der Waals surface area contributed by atoms with Gasteiger partial charge in [0.1, 0.15) is 34.0 Å². The summed E-state index contributed by atoms with van der Waals surface area (Å²) < 4.78 is 18.3. The molecule has 0 spiro atoms. The molecule has 2 unspecified atom stereocenters. The molecule has 0 radical (unpaired) electrons. The smallest absolute Gasteiger partial charge is 0.330 e. The van der Waals surface area contributed by atoms with Gasteiger partial charge in [0.25, 0.3) is 0 Å². The highest BCUT2D eigenvalue weighted by atomic mass is 16.5. The van der Waals surface area contributed by atoms with Crippen molar-refractivity contribution in [2.24, 2.45) is 5.92 Å². The lowest BCUT2D eigenvalue weighted by Crippen LogP contribution is -2.43. The molecule has 8 heteroatoms. The third kappa shape index (κ3) is 7.48. The normalized spacial score (nSPS) is 20.7. The van der Waals surface area contributed by atoms with Gasteiger partial charge in [-0.15, -0.1) is 0 Å². The summed E-state index contributed by atoms with van der Waals surface area (Å²) in [6.45, 7) is 14.4. The number of aromatic hydroxyl groups is 1. The van der Waals surface area contributed by atoms with Crippen LogP contribution in [0.15, 0.2) is 53.9 Å². The van der Waals surface area contributed by atoms with Crippen LogP contribution < -0.4 is 9.47 Å². The number of hydrogen-bond acceptors (Lipinski definition) is 7. The van der Waals surface area contributed by atoms with E-state index in [1.807, 2.05) is 39.8 Å². The van der Waals surface area contributed by atoms with E-state index in [0.29, 0.717) is 23.3 Å². The number of phenolic OH excluding ortho intramolecular Hbond substituents is 1. The SMILES string of the molecule is CC(C)=CCc1c2c(c(O)c3c1O/C=C/CC(C(=O)C(C)(C/C=C(/C)C(=O)O)OC(C)C)/C=C/C3=O)C=CC(C)(C)O2. The van der Waals surface area contributed by atoms with E-state index >= 15 is 0 Å². The zero-order chi connectivity index (χ0) is 31.4. The summed E-state index contributed by atoms with van der Waals surface area (Å²) in [6, 6.07) is 0. The maximum atomic E-state index is 13.9. The van der Waals surface area contributed by atoms with Gasteiger partial charge in [-0.25, -0.2) is 4.79 Å². The first kappa shape index (κ1) is 32.6. The van der Waals surface area contributed by atoms with E-state index in [1.165, 1.54) is 31.4 Å². The molecule has 0 aromatic heterocycles. The van der Waals surface area contributed by atoms with Gasteiger partial charge in [0, 0.05) is 23.5 Å². The molecule has 2 atom stereocenters. The van der Waals surface area contributed by atoms with Gasteiger partial charge in [-0.3, -0.25) is 9.59 Å². The van der Waals surface area contributed by atoms with Crippen LogP contribution in [0.5, 0.6) is 17.2 Å². The van der Waals surface area contributed by atoms with Crippen LogP contribution in [-0.2, 0) is 20.7 Å². The van der Waals surface area contributed by atoms with E-state index in [1.54, 1.807) is 32.9 Å². The Kier molecular flexibility index (Phi) is 10.0. The third-order valence-corrected chi connectivity index (χ3v) is 7.13. The highest BCUT2D eigenvalue weighted by Crippen LogP contribution is 2.48. The van der Waals surface area contributed by atoms with Crippen LogP contribution in [0.2, 0.25) is 0 Å². The molecule has 0 fully saturated rings. The second-order valence-corrected chi connectivity index (χ2v) is 12.0. The predicted octanol–water partition coefficient (Wildman–Crippen LogP) is 6.91. The number of allylic oxidation sites excluding steroid dienone is 5. The van der Waals surface area contributed by atoms with Crippen LogP contribution in [-0.4, -0.2) is 45.1 Å². The van der Waals surface area contributed by atoms with E-state index in [4.69, 9.17) is 14.2 Å². The maximum Gasteiger partial charge on any atom is 0.330 e. The molecule has 1 aromatic carbocycles. The second-order valence-electron chi connectivity index (χ2n) is 12.0. The number of carboxylic acid groups (broad SMARTS) is 1. The monoisotopic (exact) mass is 578 g/mol. The number of carbonyl (C=O) groups excluding carboxylic acids is 2. The molecule has 0 saturated carbocycles. The summed E-state index contributed by atoms with van der Waals surface area (Å²) in [6.07, 6.45) is 13.3. The number of ether oxygens (including phenoxy) is 3. The number of benzene rings is 1. The lowest BCUT2D eigenvalue weighted by molar-refractivity contribution is -0.150. The van der Waals surface area contributed by atoms with Crippen molar-refractivity contribution >= 4 is 23.6 Å². The Bertz CT molecular complexity index is 1400. The lowest BCUT2D eigenvalue weighted by Gasteiger charge is -2.32. The Morgan fingerprint density at radius 2 is 1.86 bits per heavy atom. The lowest BCUT2D eigenvalue weighted by atomic mass is 9.84. The van der Waals surface area contributed by atoms with E-state index in [9.17, 15) is 24.6 Å². The Labute approximate surface area is 248 Å². The van der Waals surface area contributed by atoms with E-state index in [-0.39, 0.29) is 47.4 Å². The predicted molar refractivity (Wildman–Crippen MR) is 162 cm³/mol. The third-order valence-electron chi connectivity index (χ3n) is 7.13. The van der Waals surface area contributed by atoms with Gasteiger partial charge in [-0.1, -0.05) is 23.8 Å². The zero-order valence-corrected chi connectivity index (χ0v) is 25.7. The summed E-state index contributed by atoms with van der Waals surface area (Å²) in [4.78, 5) is 38.9. The molecule has 3 rings (SSSR count). The Morgan fingerprint density at radius 1 is 1.17 bits per heavy atom. The first-order chi connectivity index (χ1) is 19.6. The standard InChI is InChI=1S/C34H42O8/c1-20(2)11-13-25-29-24(16-17-33(6,7)42-29)28(36)27-26(35)14-12-23(10-9-19-40-30(25)27)31(37)34(8,41-21(3)4)18-15-22(5)32(38)39/h9,11-12,14-17,19,21,23,36H,10,13,18H2,1-8H3,(H,38,39)/b14-12+,19-9+,22-15-. The number of hydrogen-bond donors (Lipinski definition) is 2. The number of carboxylic acids is 1. The van der Waals surface area contributed by atoms with E-state index < -0.39 is 28.9 Å². The number of fused-ring (bicyclic) bond motifs is 2. The van der Waals surface area contributed by atoms with Crippen molar-refractivity contribution in [3.63, 3.8) is 0 Å². The molecule has 1 aromatic rings. The summed E-state index contributed by atoms with van der Waals surface area (Å²) in [5.41, 5.74) is 0.213. The molecule has 2 aliphatic heterocycles. The summed E-state index contributed by atoms with van der Waals surface area (Å²) >= 11 is 0. The summed E-state index contributed by atoms with van der Waals surface area (Å²) in [5.74, 6) is -2.29. The van der Waals surface area contributed by atoms with Crippen LogP contribution in [0, 0.1) is 5.92 Å². The van der Waals surface area contributed by atoms with Crippen molar-refractivity contribution in [2.75, 3.05) is 0 Å². The highest BCUT2D eigenvalue weighted by Gasteiger charge is 2.38. The van der Waals surface area contributed by atoms with Crippen molar-refractivity contribution in [3.05, 3.63) is 70.6 Å². The Hall–Kier alpha value is -3.91. The first-order valence-electron chi connectivity index (χ1n) is 14.2. The molecule has 0 aliphatic carbocycles. The van der Waals surface area contributed by atoms with Crippen LogP contribution in [0.1, 0.15) is 89.7 Å². The quantitative estimate of drug-likeness (QED) is 0.240. The Morgan fingerprint density at radius 3 is 2.48 bits per heavy atom. The topological polar surface area (TPSA) is 119 Å². The molecule has 8 nitrogen and oxygen atoms in total. The van der Waals surface area contributed by atoms with Crippen LogP contribution in [0.4, 0.5) is 0 Å². The number of aliphatic carboxylic acids is 1. The molecule has 2 N–H and O–H groups in total. The van der Waals surface area contributed by atoms with Gasteiger partial charge < -0.3 is 24.4 Å². The van der Waals surface area contributed by atoms with Crippen LogP contribution in [0.3, 0.4) is 0 Å². The minimum atomic E-state index is -1.34. The largest absolute Gasteiger partial charge is 0.506 e. The van der Waals surface area contributed by atoms with Gasteiger partial charge in [0.15, 0.2) is 11.6 Å². The van der Waals surface area contributed by atoms with Gasteiger partial charge in [0.05, 0.1) is 17.9 Å². The van der Waals surface area contributed by atoms with Crippen molar-refractivity contribution in [3.8, 4) is 17.2 Å². The molecular weight excluding hydrogens is 536 g/mol.